The monoisotopic (exact) mass is 806 g/mol. The molecule has 0 aromatic heterocycles. The van der Waals surface area contributed by atoms with Crippen molar-refractivity contribution in [2.24, 2.45) is 0 Å². The van der Waals surface area contributed by atoms with Gasteiger partial charge in [-0.05, 0) is 32.1 Å². The Bertz CT molecular complexity index is 1060. The first-order chi connectivity index (χ1) is 24.8. The molecule has 10 N–H and O–H groups in total. The van der Waals surface area contributed by atoms with Gasteiger partial charge in [0, 0.05) is 118 Å². The Morgan fingerprint density at radius 1 is 0.642 bits per heavy atom. The zero-order valence-electron chi connectivity index (χ0n) is 32.5. The van der Waals surface area contributed by atoms with Crippen LogP contribution in [0.15, 0.2) is 0 Å². The van der Waals surface area contributed by atoms with Gasteiger partial charge in [0.05, 0.1) is 24.4 Å². The fraction of sp³-hybridized carbons (Fsp3) is 0.970. The molecule has 1 aliphatic heterocycles. The number of nitrogens with zero attached hydrogens (tertiary/aromatic N) is 5. The van der Waals surface area contributed by atoms with Crippen LogP contribution in [0.2, 0.25) is 0 Å². The molecule has 0 aliphatic carbocycles. The van der Waals surface area contributed by atoms with Crippen molar-refractivity contribution in [2.45, 2.75) is 102 Å². The molecule has 4 unspecified atom stereocenters. The Labute approximate surface area is 316 Å². The van der Waals surface area contributed by atoms with Gasteiger partial charge in [-0.3, -0.25) is 38.4 Å². The molecule has 0 saturated carbocycles. The summed E-state index contributed by atoms with van der Waals surface area (Å²) in [4.78, 5) is 60.9. The number of piperazine rings is 1. The van der Waals surface area contributed by atoms with Gasteiger partial charge in [-0.2, -0.15) is 0 Å². The highest BCUT2D eigenvalue weighted by Crippen LogP contribution is 2.69. The standard InChI is InChI=1S/C33H72N6O12P2/c1-5-28(40)24-37(13-10-32(44)34-12-9-11-33(45,52(46,47)48)53(49,50)51)21-22-38(25-29(41)6-2)20-18-35-14-16-36(17-15-35)19-23-39(26-30(42)7-3)27-31(43)8-4/h28-31,40-43,45H,5-27H2,1-4H3,(H,34,44)(H2,46,47,48)(H2,49,50,51). The van der Waals surface area contributed by atoms with Crippen molar-refractivity contribution in [3.05, 3.63) is 0 Å². The number of amides is 1. The van der Waals surface area contributed by atoms with Crippen LogP contribution in [0.4, 0.5) is 0 Å². The van der Waals surface area contributed by atoms with Crippen LogP contribution >= 0.6 is 15.2 Å². The Morgan fingerprint density at radius 2 is 1.00 bits per heavy atom. The van der Waals surface area contributed by atoms with Gasteiger partial charge in [0.1, 0.15) is 0 Å². The van der Waals surface area contributed by atoms with Gasteiger partial charge in [0.2, 0.25) is 5.91 Å². The first-order valence-electron chi connectivity index (χ1n) is 19.2. The maximum Gasteiger partial charge on any atom is 0.369 e. The molecule has 0 aromatic rings. The first-order valence-corrected chi connectivity index (χ1v) is 22.4. The third-order valence-electron chi connectivity index (χ3n) is 10.0. The highest BCUT2D eigenvalue weighted by atomic mass is 31.2. The van der Waals surface area contributed by atoms with Crippen molar-refractivity contribution in [3.8, 4) is 0 Å². The van der Waals surface area contributed by atoms with E-state index in [1.165, 1.54) is 0 Å². The van der Waals surface area contributed by atoms with Gasteiger partial charge in [-0.25, -0.2) is 0 Å². The number of hydrogen-bond acceptors (Lipinski definition) is 13. The zero-order valence-corrected chi connectivity index (χ0v) is 34.2. The maximum absolute atomic E-state index is 12.6. The molecule has 0 aromatic carbocycles. The van der Waals surface area contributed by atoms with E-state index in [2.05, 4.69) is 24.9 Å². The SMILES string of the molecule is CCC(O)CN(CCC(=O)NCCCC(O)(P(=O)(O)O)P(=O)(O)O)CCN(CCN1CCN(CCN(CC(O)CC)CC(O)CC)CC1)CC(O)CC. The summed E-state index contributed by atoms with van der Waals surface area (Å²) < 4.78 is 23.1. The molecule has 20 heteroatoms. The van der Waals surface area contributed by atoms with Crippen LogP contribution in [-0.2, 0) is 13.9 Å². The van der Waals surface area contributed by atoms with E-state index in [0.717, 1.165) is 52.4 Å². The minimum absolute atomic E-state index is 0.0374. The van der Waals surface area contributed by atoms with Crippen LogP contribution in [0, 0.1) is 0 Å². The summed E-state index contributed by atoms with van der Waals surface area (Å²) in [6.07, 6.45) is -0.615. The molecule has 0 spiro atoms. The van der Waals surface area contributed by atoms with Gasteiger partial charge in [-0.15, -0.1) is 0 Å². The predicted molar refractivity (Wildman–Crippen MR) is 203 cm³/mol. The molecule has 0 radical (unpaired) electrons. The van der Waals surface area contributed by atoms with Crippen molar-refractivity contribution in [1.82, 2.24) is 29.8 Å². The molecule has 0 bridgehead atoms. The normalized spacial score (nSPS) is 17.8. The number of carbonyl (C=O) groups excluding carboxylic acids is 1. The fourth-order valence-electron chi connectivity index (χ4n) is 6.00. The summed E-state index contributed by atoms with van der Waals surface area (Å²) in [5, 5.41) is 50.3. The number of carbonyl (C=O) groups is 1. The molecular formula is C33H72N6O12P2. The van der Waals surface area contributed by atoms with Gasteiger partial charge in [0.25, 0.3) is 5.08 Å². The molecule has 1 amide bonds. The number of aliphatic hydroxyl groups is 5. The second-order valence-corrected chi connectivity index (χ2v) is 18.4. The van der Waals surface area contributed by atoms with E-state index in [9.17, 15) is 59.0 Å². The Hall–Kier alpha value is -0.630. The van der Waals surface area contributed by atoms with E-state index in [4.69, 9.17) is 0 Å². The van der Waals surface area contributed by atoms with Crippen molar-refractivity contribution in [3.63, 3.8) is 0 Å². The molecule has 316 valence electrons. The van der Waals surface area contributed by atoms with Gasteiger partial charge >= 0.3 is 15.2 Å². The maximum atomic E-state index is 12.6. The van der Waals surface area contributed by atoms with Crippen molar-refractivity contribution in [1.29, 1.82) is 0 Å². The molecule has 53 heavy (non-hydrogen) atoms. The lowest BCUT2D eigenvalue weighted by Crippen LogP contribution is -2.51. The number of nitrogens with one attached hydrogen (secondary N) is 1. The average molecular weight is 807 g/mol. The van der Waals surface area contributed by atoms with Crippen molar-refractivity contribution in [2.75, 3.05) is 105 Å². The van der Waals surface area contributed by atoms with E-state index in [1.807, 2.05) is 32.6 Å². The predicted octanol–water partition coefficient (Wildman–Crippen LogP) is -1.12. The molecule has 1 saturated heterocycles. The van der Waals surface area contributed by atoms with Crippen LogP contribution in [0.5, 0.6) is 0 Å². The van der Waals surface area contributed by atoms with Crippen molar-refractivity contribution >= 4 is 21.1 Å². The van der Waals surface area contributed by atoms with Crippen LogP contribution < -0.4 is 5.32 Å². The molecule has 1 heterocycles. The van der Waals surface area contributed by atoms with E-state index in [1.54, 1.807) is 0 Å². The quantitative estimate of drug-likeness (QED) is 0.0305. The Balaban J connectivity index is 2.66. The second kappa shape index (κ2) is 25.6. The van der Waals surface area contributed by atoms with Gasteiger partial charge < -0.3 is 50.4 Å². The number of hydrogen-bond donors (Lipinski definition) is 10. The topological polar surface area (TPSA) is 262 Å². The van der Waals surface area contributed by atoms with Crippen LogP contribution in [0.25, 0.3) is 0 Å². The molecule has 4 atom stereocenters. The third-order valence-corrected chi connectivity index (χ3v) is 13.9. The van der Waals surface area contributed by atoms with Crippen LogP contribution in [0.3, 0.4) is 0 Å². The zero-order chi connectivity index (χ0) is 40.2. The summed E-state index contributed by atoms with van der Waals surface area (Å²) in [5.74, 6) is -0.404. The molecule has 1 rings (SSSR count). The number of rotatable bonds is 30. The largest absolute Gasteiger partial charge is 0.392 e. The molecule has 18 nitrogen and oxygen atoms in total. The third kappa shape index (κ3) is 19.9. The second-order valence-electron chi connectivity index (χ2n) is 14.4. The van der Waals surface area contributed by atoms with Crippen LogP contribution in [0.1, 0.15) is 72.6 Å². The molecule has 1 fully saturated rings. The average Bonchev–Trinajstić information content (AvgIpc) is 3.10. The summed E-state index contributed by atoms with van der Waals surface area (Å²) in [6.45, 7) is 17.7. The van der Waals surface area contributed by atoms with E-state index in [0.29, 0.717) is 71.5 Å². The lowest BCUT2D eigenvalue weighted by Gasteiger charge is -2.37. The summed E-state index contributed by atoms with van der Waals surface area (Å²) in [6, 6.07) is 0. The van der Waals surface area contributed by atoms with Crippen LogP contribution in [-0.4, -0.2) is 210 Å². The Kier molecular flexibility index (Phi) is 24.3. The van der Waals surface area contributed by atoms with Crippen molar-refractivity contribution < 1.29 is 59.0 Å². The van der Waals surface area contributed by atoms with Gasteiger partial charge in [-0.1, -0.05) is 27.7 Å². The Morgan fingerprint density at radius 3 is 1.38 bits per heavy atom. The summed E-state index contributed by atoms with van der Waals surface area (Å²) in [5.41, 5.74) is 0. The van der Waals surface area contributed by atoms with E-state index >= 15 is 0 Å². The lowest BCUT2D eigenvalue weighted by molar-refractivity contribution is -0.121. The van der Waals surface area contributed by atoms with Gasteiger partial charge in [0.15, 0.2) is 0 Å². The minimum atomic E-state index is -5.56. The summed E-state index contributed by atoms with van der Waals surface area (Å²) >= 11 is 0. The van der Waals surface area contributed by atoms with E-state index < -0.39 is 57.0 Å². The molecule has 1 aliphatic rings. The van der Waals surface area contributed by atoms with E-state index in [-0.39, 0.29) is 19.4 Å². The fourth-order valence-corrected chi connectivity index (χ4v) is 8.26. The molecular weight excluding hydrogens is 734 g/mol. The minimum Gasteiger partial charge on any atom is -0.392 e. The smallest absolute Gasteiger partial charge is 0.369 e. The highest BCUT2D eigenvalue weighted by Gasteiger charge is 2.58. The summed E-state index contributed by atoms with van der Waals surface area (Å²) in [7, 11) is -11.1. The highest BCUT2D eigenvalue weighted by molar-refractivity contribution is 7.72. The lowest BCUT2D eigenvalue weighted by atomic mass is 10.2. The number of aliphatic hydroxyl groups excluding tert-OH is 4. The first kappa shape index (κ1) is 50.4.